The summed E-state index contributed by atoms with van der Waals surface area (Å²) < 4.78 is 26.4. The summed E-state index contributed by atoms with van der Waals surface area (Å²) in [5, 5.41) is 8.79. The number of pyridine rings is 1. The lowest BCUT2D eigenvalue weighted by molar-refractivity contribution is 0.365. The highest BCUT2D eigenvalue weighted by Gasteiger charge is 2.28. The van der Waals surface area contributed by atoms with Crippen LogP contribution in [0.4, 0.5) is 5.82 Å². The monoisotopic (exact) mass is 336 g/mol. The van der Waals surface area contributed by atoms with E-state index in [2.05, 4.69) is 30.7 Å². The first-order valence-electron chi connectivity index (χ1n) is 7.80. The van der Waals surface area contributed by atoms with Crippen molar-refractivity contribution in [2.75, 3.05) is 36.8 Å². The summed E-state index contributed by atoms with van der Waals surface area (Å²) in [4.78, 5) is 6.32. The van der Waals surface area contributed by atoms with Crippen LogP contribution in [0.5, 0.6) is 0 Å². The topological polar surface area (TPSA) is 77.3 Å². The van der Waals surface area contributed by atoms with Gasteiger partial charge in [-0.2, -0.15) is 9.57 Å². The summed E-state index contributed by atoms with van der Waals surface area (Å²) in [7, 11) is -3.19. The lowest BCUT2D eigenvalue weighted by Crippen LogP contribution is -2.49. The van der Waals surface area contributed by atoms with Crippen LogP contribution in [0, 0.1) is 16.7 Å². The normalized spacial score (nSPS) is 17.0. The summed E-state index contributed by atoms with van der Waals surface area (Å²) in [6, 6.07) is 5.58. The van der Waals surface area contributed by atoms with Crippen molar-refractivity contribution in [1.82, 2.24) is 9.29 Å². The second-order valence-corrected chi connectivity index (χ2v) is 9.12. The number of nitriles is 1. The molecular formula is C16H24N4O2S. The van der Waals surface area contributed by atoms with Gasteiger partial charge in [-0.05, 0) is 24.0 Å². The highest BCUT2D eigenvalue weighted by Crippen LogP contribution is 2.21. The van der Waals surface area contributed by atoms with Gasteiger partial charge in [0, 0.05) is 32.4 Å². The molecular weight excluding hydrogens is 312 g/mol. The van der Waals surface area contributed by atoms with Crippen LogP contribution < -0.4 is 4.90 Å². The van der Waals surface area contributed by atoms with Crippen molar-refractivity contribution in [3.8, 4) is 6.07 Å². The fraction of sp³-hybridized carbons (Fsp3) is 0.625. The van der Waals surface area contributed by atoms with Crippen LogP contribution in [0.1, 0.15) is 32.8 Å². The molecule has 0 atom stereocenters. The van der Waals surface area contributed by atoms with Crippen molar-refractivity contribution >= 4 is 15.8 Å². The molecule has 0 unspecified atom stereocenters. The van der Waals surface area contributed by atoms with E-state index in [0.717, 1.165) is 5.82 Å². The van der Waals surface area contributed by atoms with Gasteiger partial charge in [-0.25, -0.2) is 13.4 Å². The molecule has 0 N–H and O–H groups in total. The maximum Gasteiger partial charge on any atom is 0.214 e. The van der Waals surface area contributed by atoms with E-state index in [1.807, 2.05) is 12.1 Å². The van der Waals surface area contributed by atoms with E-state index in [0.29, 0.717) is 38.2 Å². The Labute approximate surface area is 138 Å². The number of aromatic nitrogens is 1. The molecule has 2 rings (SSSR count). The molecule has 6 nitrogen and oxygen atoms in total. The van der Waals surface area contributed by atoms with E-state index in [-0.39, 0.29) is 11.2 Å². The van der Waals surface area contributed by atoms with Gasteiger partial charge in [0.15, 0.2) is 0 Å². The van der Waals surface area contributed by atoms with E-state index in [9.17, 15) is 8.42 Å². The third kappa shape index (κ3) is 4.91. The molecule has 1 aliphatic heterocycles. The first kappa shape index (κ1) is 17.7. The molecule has 0 aliphatic carbocycles. The molecule has 1 saturated heterocycles. The van der Waals surface area contributed by atoms with E-state index in [1.165, 1.54) is 0 Å². The average molecular weight is 336 g/mol. The summed E-state index contributed by atoms with van der Waals surface area (Å²) in [5.41, 5.74) is 0.540. The van der Waals surface area contributed by atoms with Gasteiger partial charge in [-0.1, -0.05) is 20.8 Å². The van der Waals surface area contributed by atoms with E-state index >= 15 is 0 Å². The van der Waals surface area contributed by atoms with Gasteiger partial charge in [0.05, 0.1) is 11.3 Å². The number of rotatable bonds is 4. The Morgan fingerprint density at radius 1 is 1.22 bits per heavy atom. The zero-order valence-corrected chi connectivity index (χ0v) is 14.8. The maximum atomic E-state index is 12.4. The number of nitrogens with zero attached hydrogens (tertiary/aromatic N) is 4. The molecule has 126 valence electrons. The predicted octanol–water partition coefficient (Wildman–Crippen LogP) is 1.84. The van der Waals surface area contributed by atoms with Crippen molar-refractivity contribution in [1.29, 1.82) is 5.26 Å². The highest BCUT2D eigenvalue weighted by atomic mass is 32.2. The van der Waals surface area contributed by atoms with Crippen LogP contribution in [-0.2, 0) is 10.0 Å². The van der Waals surface area contributed by atoms with Crippen LogP contribution in [0.15, 0.2) is 18.3 Å². The maximum absolute atomic E-state index is 12.4. The Hall–Kier alpha value is -1.65. The summed E-state index contributed by atoms with van der Waals surface area (Å²) in [5.74, 6) is 0.988. The number of anilines is 1. The van der Waals surface area contributed by atoms with Gasteiger partial charge in [-0.15, -0.1) is 0 Å². The quantitative estimate of drug-likeness (QED) is 0.838. The van der Waals surface area contributed by atoms with Gasteiger partial charge in [0.25, 0.3) is 0 Å². The van der Waals surface area contributed by atoms with Crippen LogP contribution in [-0.4, -0.2) is 49.6 Å². The molecule has 0 bridgehead atoms. The minimum absolute atomic E-state index is 0.0152. The Morgan fingerprint density at radius 3 is 2.35 bits per heavy atom. The molecule has 0 spiro atoms. The van der Waals surface area contributed by atoms with Crippen LogP contribution >= 0.6 is 0 Å². The summed E-state index contributed by atoms with van der Waals surface area (Å²) in [6.07, 6.45) is 2.20. The molecule has 23 heavy (non-hydrogen) atoms. The second kappa shape index (κ2) is 6.85. The Morgan fingerprint density at radius 2 is 1.87 bits per heavy atom. The fourth-order valence-electron chi connectivity index (χ4n) is 2.40. The Bertz CT molecular complexity index is 664. The number of hydrogen-bond acceptors (Lipinski definition) is 5. The third-order valence-corrected chi connectivity index (χ3v) is 5.81. The molecule has 1 aromatic rings. The molecule has 1 aliphatic rings. The Kier molecular flexibility index (Phi) is 5.27. The number of hydrogen-bond donors (Lipinski definition) is 0. The largest absolute Gasteiger partial charge is 0.354 e. The van der Waals surface area contributed by atoms with Gasteiger partial charge in [0.2, 0.25) is 10.0 Å². The third-order valence-electron chi connectivity index (χ3n) is 3.94. The molecule has 1 aromatic heterocycles. The number of sulfonamides is 1. The highest BCUT2D eigenvalue weighted by molar-refractivity contribution is 7.89. The van der Waals surface area contributed by atoms with E-state index in [4.69, 9.17) is 5.26 Å². The second-order valence-electron chi connectivity index (χ2n) is 7.03. The smallest absolute Gasteiger partial charge is 0.214 e. The van der Waals surface area contributed by atoms with Crippen LogP contribution in [0.2, 0.25) is 0 Å². The van der Waals surface area contributed by atoms with Crippen LogP contribution in [0.3, 0.4) is 0 Å². The van der Waals surface area contributed by atoms with Gasteiger partial charge < -0.3 is 4.90 Å². The van der Waals surface area contributed by atoms with Crippen molar-refractivity contribution in [3.63, 3.8) is 0 Å². The minimum atomic E-state index is -3.19. The van der Waals surface area contributed by atoms with Crippen molar-refractivity contribution in [2.24, 2.45) is 5.41 Å². The van der Waals surface area contributed by atoms with E-state index in [1.54, 1.807) is 16.6 Å². The molecule has 7 heteroatoms. The summed E-state index contributed by atoms with van der Waals surface area (Å²) in [6.45, 7) is 8.36. The van der Waals surface area contributed by atoms with Crippen molar-refractivity contribution < 1.29 is 8.42 Å². The predicted molar refractivity (Wildman–Crippen MR) is 90.6 cm³/mol. The zero-order chi connectivity index (χ0) is 17.1. The van der Waals surface area contributed by atoms with E-state index < -0.39 is 10.0 Å². The first-order chi connectivity index (χ1) is 10.7. The van der Waals surface area contributed by atoms with Gasteiger partial charge in [0.1, 0.15) is 11.9 Å². The lowest BCUT2D eigenvalue weighted by atomic mass is 9.94. The zero-order valence-electron chi connectivity index (χ0n) is 14.0. The average Bonchev–Trinajstić information content (AvgIpc) is 2.53. The van der Waals surface area contributed by atoms with Gasteiger partial charge >= 0.3 is 0 Å². The molecule has 2 heterocycles. The minimum Gasteiger partial charge on any atom is -0.354 e. The van der Waals surface area contributed by atoms with Gasteiger partial charge in [-0.3, -0.25) is 0 Å². The van der Waals surface area contributed by atoms with Crippen LogP contribution in [0.25, 0.3) is 0 Å². The molecule has 0 aromatic carbocycles. The molecule has 0 saturated carbocycles. The fourth-order valence-corrected chi connectivity index (χ4v) is 4.25. The van der Waals surface area contributed by atoms with Crippen molar-refractivity contribution in [2.45, 2.75) is 27.2 Å². The SMILES string of the molecule is CC(C)(C)CCS(=O)(=O)N1CCN(c2ccc(C#N)cn2)CC1. The molecule has 1 fully saturated rings. The molecule has 0 radical (unpaired) electrons. The first-order valence-corrected chi connectivity index (χ1v) is 9.41. The summed E-state index contributed by atoms with van der Waals surface area (Å²) >= 11 is 0. The Balaban J connectivity index is 1.93. The standard InChI is InChI=1S/C16H24N4O2S/c1-16(2,3)6-11-23(21,22)20-9-7-19(8-10-20)15-5-4-14(12-17)13-18-15/h4-5,13H,6-11H2,1-3H3. The lowest BCUT2D eigenvalue weighted by Gasteiger charge is -2.35. The van der Waals surface area contributed by atoms with Crippen molar-refractivity contribution in [3.05, 3.63) is 23.9 Å². The number of piperazine rings is 1. The molecule has 0 amide bonds.